The Morgan fingerprint density at radius 3 is 2.53 bits per heavy atom. The number of nitrogens with zero attached hydrogens (tertiary/aromatic N) is 1. The second-order valence-electron chi connectivity index (χ2n) is 7.78. The van der Waals surface area contributed by atoms with E-state index in [0.717, 1.165) is 30.5 Å². The van der Waals surface area contributed by atoms with Gasteiger partial charge in [0.05, 0.1) is 12.6 Å². The zero-order valence-electron chi connectivity index (χ0n) is 19.4. The number of furan rings is 1. The van der Waals surface area contributed by atoms with Crippen LogP contribution in [0.25, 0.3) is 11.3 Å². The van der Waals surface area contributed by atoms with Crippen LogP contribution in [0.3, 0.4) is 0 Å². The molecule has 1 aromatic carbocycles. The summed E-state index contributed by atoms with van der Waals surface area (Å²) in [5.74, 6) is -0.0261. The number of nitrogens with one attached hydrogen (secondary N) is 3. The van der Waals surface area contributed by atoms with Gasteiger partial charge in [-0.15, -0.1) is 0 Å². The van der Waals surface area contributed by atoms with Gasteiger partial charge in [0.25, 0.3) is 5.91 Å². The Kier molecular flexibility index (Phi) is 9.94. The fourth-order valence-electron chi connectivity index (χ4n) is 3.33. The second-order valence-corrected chi connectivity index (χ2v) is 7.78. The Bertz CT molecular complexity index is 909. The normalized spacial score (nSPS) is 15.4. The van der Waals surface area contributed by atoms with Gasteiger partial charge in [0.15, 0.2) is 5.76 Å². The Hall–Kier alpha value is -3.13. The smallest absolute Gasteiger partial charge is 0.287 e. The summed E-state index contributed by atoms with van der Waals surface area (Å²) in [6, 6.07) is 10.8. The van der Waals surface area contributed by atoms with E-state index in [-0.39, 0.29) is 30.2 Å². The molecule has 174 valence electrons. The van der Waals surface area contributed by atoms with Crippen molar-refractivity contribution < 1.29 is 18.8 Å². The van der Waals surface area contributed by atoms with Gasteiger partial charge in [0, 0.05) is 19.2 Å². The Morgan fingerprint density at radius 1 is 1.12 bits per heavy atom. The number of rotatable bonds is 7. The van der Waals surface area contributed by atoms with Crippen molar-refractivity contribution in [1.29, 1.82) is 0 Å². The number of carbonyl (C=O) groups is 3. The highest BCUT2D eigenvalue weighted by Gasteiger charge is 2.27. The molecule has 2 heterocycles. The van der Waals surface area contributed by atoms with E-state index < -0.39 is 5.91 Å². The van der Waals surface area contributed by atoms with E-state index in [1.807, 2.05) is 31.3 Å². The van der Waals surface area contributed by atoms with Crippen LogP contribution in [0.5, 0.6) is 0 Å². The summed E-state index contributed by atoms with van der Waals surface area (Å²) in [6.07, 6.45) is 3.18. The highest BCUT2D eigenvalue weighted by molar-refractivity contribution is 5.94. The number of likely N-dealkylation sites (N-methyl/N-ethyl adjacent to an activating group) is 2. The first-order valence-corrected chi connectivity index (χ1v) is 11.0. The lowest BCUT2D eigenvalue weighted by molar-refractivity contribution is -0.125. The van der Waals surface area contributed by atoms with Gasteiger partial charge in [-0.1, -0.05) is 38.5 Å². The predicted molar refractivity (Wildman–Crippen MR) is 124 cm³/mol. The van der Waals surface area contributed by atoms with Gasteiger partial charge in [-0.3, -0.25) is 19.3 Å². The fourth-order valence-corrected chi connectivity index (χ4v) is 3.33. The van der Waals surface area contributed by atoms with Gasteiger partial charge in [0.1, 0.15) is 5.76 Å². The van der Waals surface area contributed by atoms with Crippen LogP contribution >= 0.6 is 0 Å². The number of benzene rings is 1. The lowest BCUT2D eigenvalue weighted by Gasteiger charge is -2.18. The van der Waals surface area contributed by atoms with Crippen molar-refractivity contribution >= 4 is 17.7 Å². The third-order valence-electron chi connectivity index (χ3n) is 5.02. The SMILES string of the molecule is CCC.CNC(=O)CNC(=O)c1ccc(-c2cccc(CNC(=O)C3CCCN3C)c2)o1. The molecule has 1 aromatic heterocycles. The van der Waals surface area contributed by atoms with Crippen LogP contribution in [0.1, 0.15) is 49.2 Å². The molecule has 0 aliphatic carbocycles. The molecule has 0 bridgehead atoms. The van der Waals surface area contributed by atoms with Gasteiger partial charge in [-0.2, -0.15) is 0 Å². The first kappa shape index (κ1) is 25.1. The molecule has 1 aliphatic heterocycles. The maximum atomic E-state index is 12.3. The summed E-state index contributed by atoms with van der Waals surface area (Å²) in [6.45, 7) is 5.51. The fraction of sp³-hybridized carbons (Fsp3) is 0.458. The molecule has 8 nitrogen and oxygen atoms in total. The summed E-state index contributed by atoms with van der Waals surface area (Å²) >= 11 is 0. The van der Waals surface area contributed by atoms with Crippen molar-refractivity contribution in [2.45, 2.75) is 45.7 Å². The van der Waals surface area contributed by atoms with Crippen LogP contribution in [0.15, 0.2) is 40.8 Å². The van der Waals surface area contributed by atoms with Crippen molar-refractivity contribution in [3.05, 3.63) is 47.7 Å². The largest absolute Gasteiger partial charge is 0.451 e. The van der Waals surface area contributed by atoms with E-state index in [4.69, 9.17) is 4.42 Å². The Balaban J connectivity index is 0.00000114. The van der Waals surface area contributed by atoms with Crippen LogP contribution in [-0.4, -0.2) is 55.8 Å². The summed E-state index contributed by atoms with van der Waals surface area (Å²) in [5, 5.41) is 7.92. The minimum atomic E-state index is -0.455. The van der Waals surface area contributed by atoms with E-state index in [0.29, 0.717) is 12.3 Å². The lowest BCUT2D eigenvalue weighted by atomic mass is 10.1. The maximum Gasteiger partial charge on any atom is 0.287 e. The van der Waals surface area contributed by atoms with E-state index >= 15 is 0 Å². The summed E-state index contributed by atoms with van der Waals surface area (Å²) in [4.78, 5) is 37.7. The summed E-state index contributed by atoms with van der Waals surface area (Å²) in [5.41, 5.74) is 1.75. The molecular weight excluding hydrogens is 408 g/mol. The van der Waals surface area contributed by atoms with Crippen LogP contribution in [-0.2, 0) is 16.1 Å². The maximum absolute atomic E-state index is 12.3. The van der Waals surface area contributed by atoms with Crippen LogP contribution in [0.2, 0.25) is 0 Å². The molecule has 1 fully saturated rings. The van der Waals surface area contributed by atoms with Crippen LogP contribution in [0.4, 0.5) is 0 Å². The highest BCUT2D eigenvalue weighted by Crippen LogP contribution is 2.23. The zero-order chi connectivity index (χ0) is 23.5. The molecule has 1 aliphatic rings. The standard InChI is InChI=1S/C21H26N4O4.C3H8/c1-22-19(26)13-24-21(28)18-9-8-17(29-18)15-6-3-5-14(11-15)12-23-20(27)16-7-4-10-25(16)2;1-3-2/h3,5-6,8-9,11,16H,4,7,10,12-13H2,1-2H3,(H,22,26)(H,23,27)(H,24,28);3H2,1-2H3. The number of hydrogen-bond acceptors (Lipinski definition) is 5. The lowest BCUT2D eigenvalue weighted by Crippen LogP contribution is -2.41. The number of likely N-dealkylation sites (tertiary alicyclic amines) is 1. The number of carbonyl (C=O) groups excluding carboxylic acids is 3. The van der Waals surface area contributed by atoms with Gasteiger partial charge in [-0.25, -0.2) is 0 Å². The Labute approximate surface area is 189 Å². The minimum absolute atomic E-state index is 0.0449. The van der Waals surface area contributed by atoms with Gasteiger partial charge in [0.2, 0.25) is 11.8 Å². The van der Waals surface area contributed by atoms with Gasteiger partial charge in [-0.05, 0) is 50.2 Å². The first-order chi connectivity index (χ1) is 15.4. The predicted octanol–water partition coefficient (Wildman–Crippen LogP) is 2.55. The molecule has 0 spiro atoms. The molecule has 3 N–H and O–H groups in total. The molecule has 3 rings (SSSR count). The minimum Gasteiger partial charge on any atom is -0.451 e. The molecule has 1 unspecified atom stereocenters. The average molecular weight is 443 g/mol. The van der Waals surface area contributed by atoms with E-state index in [1.165, 1.54) is 13.5 Å². The average Bonchev–Trinajstić information content (AvgIpc) is 3.46. The topological polar surface area (TPSA) is 104 Å². The highest BCUT2D eigenvalue weighted by atomic mass is 16.3. The van der Waals surface area contributed by atoms with E-state index in [9.17, 15) is 14.4 Å². The number of hydrogen-bond donors (Lipinski definition) is 3. The molecule has 8 heteroatoms. The van der Waals surface area contributed by atoms with Crippen molar-refractivity contribution in [2.24, 2.45) is 0 Å². The molecule has 1 saturated heterocycles. The molecule has 32 heavy (non-hydrogen) atoms. The van der Waals surface area contributed by atoms with Crippen molar-refractivity contribution in [1.82, 2.24) is 20.9 Å². The third-order valence-corrected chi connectivity index (χ3v) is 5.02. The monoisotopic (exact) mass is 442 g/mol. The first-order valence-electron chi connectivity index (χ1n) is 11.0. The Morgan fingerprint density at radius 2 is 1.88 bits per heavy atom. The summed E-state index contributed by atoms with van der Waals surface area (Å²) in [7, 11) is 3.47. The van der Waals surface area contributed by atoms with Crippen molar-refractivity contribution in [3.63, 3.8) is 0 Å². The van der Waals surface area contributed by atoms with Crippen LogP contribution in [0, 0.1) is 0 Å². The van der Waals surface area contributed by atoms with Crippen molar-refractivity contribution in [3.8, 4) is 11.3 Å². The summed E-state index contributed by atoms with van der Waals surface area (Å²) < 4.78 is 5.64. The quantitative estimate of drug-likeness (QED) is 0.611. The molecule has 1 atom stereocenters. The molecule has 0 saturated carbocycles. The molecule has 2 aromatic rings. The molecule has 0 radical (unpaired) electrons. The molecular formula is C24H34N4O4. The zero-order valence-corrected chi connectivity index (χ0v) is 19.4. The van der Waals surface area contributed by atoms with Gasteiger partial charge >= 0.3 is 0 Å². The second kappa shape index (κ2) is 12.7. The van der Waals surface area contributed by atoms with Crippen molar-refractivity contribution in [2.75, 3.05) is 27.2 Å². The number of amides is 3. The van der Waals surface area contributed by atoms with E-state index in [2.05, 4.69) is 34.7 Å². The molecule has 3 amide bonds. The third kappa shape index (κ3) is 7.23. The van der Waals surface area contributed by atoms with Gasteiger partial charge < -0.3 is 20.4 Å². The van der Waals surface area contributed by atoms with Crippen LogP contribution < -0.4 is 16.0 Å². The van der Waals surface area contributed by atoms with E-state index in [1.54, 1.807) is 12.1 Å².